The van der Waals surface area contributed by atoms with Crippen LogP contribution in [-0.4, -0.2) is 39.9 Å². The highest BCUT2D eigenvalue weighted by molar-refractivity contribution is 8.00. The number of aromatic nitrogens is 2. The van der Waals surface area contributed by atoms with Crippen LogP contribution in [0, 0.1) is 6.92 Å². The second-order valence-electron chi connectivity index (χ2n) is 9.36. The molecule has 3 heterocycles. The number of aryl methyl sites for hydroxylation is 1. The first-order chi connectivity index (χ1) is 18.4. The second-order valence-corrected chi connectivity index (χ2v) is 11.8. The number of carbonyl (C=O) groups is 2. The van der Waals surface area contributed by atoms with Crippen LogP contribution in [0.3, 0.4) is 0 Å². The van der Waals surface area contributed by atoms with Gasteiger partial charge in [0.2, 0.25) is 11.8 Å². The van der Waals surface area contributed by atoms with E-state index in [1.165, 1.54) is 11.8 Å². The van der Waals surface area contributed by atoms with Crippen molar-refractivity contribution in [3.05, 3.63) is 87.8 Å². The van der Waals surface area contributed by atoms with Gasteiger partial charge in [0.15, 0.2) is 0 Å². The topological polar surface area (TPSA) is 67.2 Å². The van der Waals surface area contributed by atoms with Crippen LogP contribution >= 0.6 is 34.7 Å². The molecule has 0 radical (unpaired) electrons. The van der Waals surface area contributed by atoms with Gasteiger partial charge in [0.1, 0.15) is 18.1 Å². The molecule has 0 unspecified atom stereocenters. The van der Waals surface area contributed by atoms with E-state index in [0.717, 1.165) is 39.4 Å². The van der Waals surface area contributed by atoms with E-state index in [0.29, 0.717) is 10.8 Å². The van der Waals surface area contributed by atoms with E-state index < -0.39 is 0 Å². The highest BCUT2D eigenvalue weighted by atomic mass is 35.5. The number of nitrogens with zero attached hydrogens (tertiary/aromatic N) is 3. The second kappa shape index (κ2) is 11.4. The molecule has 2 aromatic carbocycles. The molecule has 0 saturated carbocycles. The smallest absolute Gasteiger partial charge is 0.240 e. The van der Waals surface area contributed by atoms with Gasteiger partial charge in [0.05, 0.1) is 21.6 Å². The lowest BCUT2D eigenvalue weighted by atomic mass is 10.0. The van der Waals surface area contributed by atoms with Crippen LogP contribution in [0.25, 0.3) is 16.3 Å². The van der Waals surface area contributed by atoms with Crippen molar-refractivity contribution >= 4 is 52.3 Å². The number of anilines is 1. The Morgan fingerprint density at radius 2 is 2.00 bits per heavy atom. The van der Waals surface area contributed by atoms with E-state index in [-0.39, 0.29) is 35.4 Å². The standard InChI is InChI=1S/C29H29ClN4O2S2/c1-4-19(3)31-24(35)16-33-25(36)17-38-28(20-10-7-11-21(30)15-20)26-27(23-13-8-14-37-23)32-34(29(26)33)22-12-6-5-9-18(22)2/h5-15,19,28H,4,16-17H2,1-3H3,(H,31,35)/t19-,28+/m1/s1. The predicted molar refractivity (Wildman–Crippen MR) is 158 cm³/mol. The summed E-state index contributed by atoms with van der Waals surface area (Å²) in [5.41, 5.74) is 4.58. The van der Waals surface area contributed by atoms with E-state index in [1.807, 2.05) is 91.5 Å². The number of carbonyl (C=O) groups excluding carboxylic acids is 2. The van der Waals surface area contributed by atoms with E-state index in [2.05, 4.69) is 5.32 Å². The fourth-order valence-corrected chi connectivity index (χ4v) is 6.69. The van der Waals surface area contributed by atoms with Gasteiger partial charge in [-0.3, -0.25) is 14.5 Å². The molecule has 4 aromatic rings. The SMILES string of the molecule is CC[C@@H](C)NC(=O)CN1C(=O)CS[C@@H](c2cccc(Cl)c2)c2c(-c3cccs3)nn(-c3ccccc3C)c21. The van der Waals surface area contributed by atoms with Crippen LogP contribution in [0.1, 0.15) is 42.2 Å². The molecular weight excluding hydrogens is 536 g/mol. The minimum absolute atomic E-state index is 0.0144. The third-order valence-electron chi connectivity index (χ3n) is 6.66. The number of thiophene rings is 1. The number of fused-ring (bicyclic) bond motifs is 1. The molecule has 196 valence electrons. The highest BCUT2D eigenvalue weighted by Gasteiger charge is 2.38. The summed E-state index contributed by atoms with van der Waals surface area (Å²) in [6.07, 6.45) is 0.807. The number of hydrogen-bond acceptors (Lipinski definition) is 5. The number of hydrogen-bond donors (Lipinski definition) is 1. The molecule has 0 saturated heterocycles. The minimum atomic E-state index is -0.204. The van der Waals surface area contributed by atoms with Crippen LogP contribution < -0.4 is 10.2 Å². The van der Waals surface area contributed by atoms with Crippen molar-refractivity contribution in [2.24, 2.45) is 0 Å². The van der Waals surface area contributed by atoms with Gasteiger partial charge in [-0.1, -0.05) is 54.9 Å². The molecule has 2 amide bonds. The van der Waals surface area contributed by atoms with Gasteiger partial charge in [-0.15, -0.1) is 23.1 Å². The third-order valence-corrected chi connectivity index (χ3v) is 9.03. The third kappa shape index (κ3) is 5.25. The van der Waals surface area contributed by atoms with Gasteiger partial charge in [-0.25, -0.2) is 4.68 Å². The van der Waals surface area contributed by atoms with Crippen LogP contribution in [0.15, 0.2) is 66.0 Å². The Bertz CT molecular complexity index is 1470. The molecule has 1 N–H and O–H groups in total. The number of benzene rings is 2. The average Bonchev–Trinajstić information content (AvgIpc) is 3.53. The fraction of sp³-hybridized carbons (Fsp3) is 0.276. The summed E-state index contributed by atoms with van der Waals surface area (Å²) in [5.74, 6) is 0.523. The Balaban J connectivity index is 1.78. The Kier molecular flexibility index (Phi) is 7.93. The molecule has 1 aliphatic heterocycles. The van der Waals surface area contributed by atoms with Crippen molar-refractivity contribution in [1.29, 1.82) is 0 Å². The van der Waals surface area contributed by atoms with Crippen molar-refractivity contribution in [2.75, 3.05) is 17.2 Å². The van der Waals surface area contributed by atoms with Crippen molar-refractivity contribution in [2.45, 2.75) is 38.5 Å². The minimum Gasteiger partial charge on any atom is -0.352 e. The van der Waals surface area contributed by atoms with Crippen molar-refractivity contribution in [3.63, 3.8) is 0 Å². The average molecular weight is 565 g/mol. The van der Waals surface area contributed by atoms with Gasteiger partial charge in [-0.2, -0.15) is 5.10 Å². The summed E-state index contributed by atoms with van der Waals surface area (Å²) in [6.45, 7) is 5.92. The van der Waals surface area contributed by atoms with Crippen molar-refractivity contribution < 1.29 is 9.59 Å². The highest BCUT2D eigenvalue weighted by Crippen LogP contribution is 2.49. The molecule has 0 spiro atoms. The largest absolute Gasteiger partial charge is 0.352 e. The molecule has 0 bridgehead atoms. The van der Waals surface area contributed by atoms with Gasteiger partial charge in [-0.05, 0) is 61.0 Å². The molecule has 0 fully saturated rings. The lowest BCUT2D eigenvalue weighted by Gasteiger charge is -2.24. The van der Waals surface area contributed by atoms with Gasteiger partial charge >= 0.3 is 0 Å². The Morgan fingerprint density at radius 3 is 2.71 bits per heavy atom. The van der Waals surface area contributed by atoms with Gasteiger partial charge < -0.3 is 5.32 Å². The molecular formula is C29H29ClN4O2S2. The zero-order chi connectivity index (χ0) is 26.8. The molecule has 1 aliphatic rings. The zero-order valence-electron chi connectivity index (χ0n) is 21.5. The monoisotopic (exact) mass is 564 g/mol. The van der Waals surface area contributed by atoms with Crippen LogP contribution in [-0.2, 0) is 9.59 Å². The predicted octanol–water partition coefficient (Wildman–Crippen LogP) is 6.65. The summed E-state index contributed by atoms with van der Waals surface area (Å²) in [5, 5.41) is 10.6. The lowest BCUT2D eigenvalue weighted by molar-refractivity contribution is -0.123. The number of halogens is 1. The number of rotatable bonds is 7. The maximum Gasteiger partial charge on any atom is 0.240 e. The maximum atomic E-state index is 13.7. The molecule has 2 atom stereocenters. The van der Waals surface area contributed by atoms with E-state index in [4.69, 9.17) is 16.7 Å². The fourth-order valence-electron chi connectivity index (χ4n) is 4.58. The van der Waals surface area contributed by atoms with Crippen LogP contribution in [0.5, 0.6) is 0 Å². The number of para-hydroxylation sites is 1. The number of thioether (sulfide) groups is 1. The molecule has 0 aliphatic carbocycles. The molecule has 6 nitrogen and oxygen atoms in total. The quantitative estimate of drug-likeness (QED) is 0.273. The number of amides is 2. The first-order valence-corrected chi connectivity index (χ1v) is 14.9. The summed E-state index contributed by atoms with van der Waals surface area (Å²) in [7, 11) is 0. The molecule has 5 rings (SSSR count). The summed E-state index contributed by atoms with van der Waals surface area (Å²) >= 11 is 9.57. The summed E-state index contributed by atoms with van der Waals surface area (Å²) in [4.78, 5) is 29.5. The van der Waals surface area contributed by atoms with E-state index >= 15 is 0 Å². The zero-order valence-corrected chi connectivity index (χ0v) is 23.9. The molecule has 38 heavy (non-hydrogen) atoms. The first kappa shape index (κ1) is 26.5. The van der Waals surface area contributed by atoms with Gasteiger partial charge in [0.25, 0.3) is 0 Å². The Labute approximate surface area is 236 Å². The lowest BCUT2D eigenvalue weighted by Crippen LogP contribution is -2.44. The Hall–Kier alpha value is -3.07. The first-order valence-electron chi connectivity index (χ1n) is 12.6. The van der Waals surface area contributed by atoms with E-state index in [1.54, 1.807) is 16.2 Å². The van der Waals surface area contributed by atoms with Crippen LogP contribution in [0.4, 0.5) is 5.82 Å². The summed E-state index contributed by atoms with van der Waals surface area (Å²) in [6, 6.07) is 19.8. The van der Waals surface area contributed by atoms with Gasteiger partial charge in [0, 0.05) is 16.6 Å². The van der Waals surface area contributed by atoms with E-state index in [9.17, 15) is 9.59 Å². The maximum absolute atomic E-state index is 13.7. The normalized spacial score (nSPS) is 16.2. The Morgan fingerprint density at radius 1 is 1.18 bits per heavy atom. The van der Waals surface area contributed by atoms with Crippen molar-refractivity contribution in [1.82, 2.24) is 15.1 Å². The number of nitrogens with one attached hydrogen (secondary N) is 1. The molecule has 2 aromatic heterocycles. The molecule has 9 heteroatoms. The van der Waals surface area contributed by atoms with Crippen LogP contribution in [0.2, 0.25) is 5.02 Å². The summed E-state index contributed by atoms with van der Waals surface area (Å²) < 4.78 is 1.84. The van der Waals surface area contributed by atoms with Crippen molar-refractivity contribution in [3.8, 4) is 16.3 Å².